The fourth-order valence-electron chi connectivity index (χ4n) is 3.55. The minimum atomic E-state index is -0.445. The highest BCUT2D eigenvalue weighted by molar-refractivity contribution is 7.16. The van der Waals surface area contributed by atoms with E-state index in [9.17, 15) is 14.9 Å². The van der Waals surface area contributed by atoms with Gasteiger partial charge in [0.15, 0.2) is 0 Å². The van der Waals surface area contributed by atoms with Crippen LogP contribution in [0.1, 0.15) is 34.4 Å². The van der Waals surface area contributed by atoms with Crippen molar-refractivity contribution >= 4 is 34.4 Å². The molecule has 0 aromatic carbocycles. The van der Waals surface area contributed by atoms with Gasteiger partial charge in [0, 0.05) is 16.5 Å². The number of hydroxylamine groups is 2. The van der Waals surface area contributed by atoms with Crippen LogP contribution >= 0.6 is 11.3 Å². The smallest absolute Gasteiger partial charge is 0.433 e. The number of rotatable bonds is 5. The summed E-state index contributed by atoms with van der Waals surface area (Å²) in [4.78, 5) is 30.5. The van der Waals surface area contributed by atoms with Gasteiger partial charge in [-0.05, 0) is 49.3 Å². The number of carbonyl (C=O) groups is 2. The predicted molar refractivity (Wildman–Crippen MR) is 110 cm³/mol. The molecule has 0 saturated carbocycles. The SMILES string of the molecule is N#Cc1c(NC(=O)C=Cc2ccoc2)sc2c1CCC(COC(=O)N1CCCO1)C2. The molecule has 0 spiro atoms. The summed E-state index contributed by atoms with van der Waals surface area (Å²) in [5.74, 6) is -0.124. The first-order valence-electron chi connectivity index (χ1n) is 9.77. The Morgan fingerprint density at radius 2 is 2.37 bits per heavy atom. The Balaban J connectivity index is 1.37. The summed E-state index contributed by atoms with van der Waals surface area (Å²) in [7, 11) is 0. The Labute approximate surface area is 177 Å². The lowest BCUT2D eigenvalue weighted by atomic mass is 9.88. The molecule has 0 radical (unpaired) electrons. The van der Waals surface area contributed by atoms with Gasteiger partial charge in [-0.25, -0.2) is 4.79 Å². The van der Waals surface area contributed by atoms with E-state index in [1.165, 1.54) is 35.0 Å². The number of ether oxygens (including phenoxy) is 1. The summed E-state index contributed by atoms with van der Waals surface area (Å²) in [6.45, 7) is 1.41. The van der Waals surface area contributed by atoms with Gasteiger partial charge in [0.1, 0.15) is 11.1 Å². The van der Waals surface area contributed by atoms with Crippen LogP contribution in [0.2, 0.25) is 0 Å². The Morgan fingerprint density at radius 3 is 3.10 bits per heavy atom. The van der Waals surface area contributed by atoms with Crippen LogP contribution in [0.5, 0.6) is 0 Å². The molecule has 1 aliphatic carbocycles. The molecular formula is C21H21N3O5S. The van der Waals surface area contributed by atoms with Gasteiger partial charge in [0.2, 0.25) is 5.91 Å². The quantitative estimate of drug-likeness (QED) is 0.729. The number of nitrogens with zero attached hydrogens (tertiary/aromatic N) is 2. The minimum absolute atomic E-state index is 0.179. The number of nitrogens with one attached hydrogen (secondary N) is 1. The summed E-state index contributed by atoms with van der Waals surface area (Å²) >= 11 is 1.42. The van der Waals surface area contributed by atoms with Gasteiger partial charge in [-0.1, -0.05) is 0 Å². The molecule has 2 aromatic rings. The van der Waals surface area contributed by atoms with Crippen molar-refractivity contribution in [2.24, 2.45) is 5.92 Å². The highest BCUT2D eigenvalue weighted by Crippen LogP contribution is 2.39. The fourth-order valence-corrected chi connectivity index (χ4v) is 4.87. The number of nitriles is 1. The molecular weight excluding hydrogens is 406 g/mol. The average Bonchev–Trinajstić information content (AvgIpc) is 3.51. The van der Waals surface area contributed by atoms with Gasteiger partial charge in [-0.3, -0.25) is 9.63 Å². The van der Waals surface area contributed by atoms with Crippen molar-refractivity contribution in [1.82, 2.24) is 5.06 Å². The van der Waals surface area contributed by atoms with Gasteiger partial charge in [0.05, 0.1) is 37.8 Å². The molecule has 156 valence electrons. The van der Waals surface area contributed by atoms with Crippen molar-refractivity contribution in [2.75, 3.05) is 25.1 Å². The van der Waals surface area contributed by atoms with Crippen molar-refractivity contribution in [3.05, 3.63) is 46.2 Å². The van der Waals surface area contributed by atoms with E-state index in [1.54, 1.807) is 12.1 Å². The van der Waals surface area contributed by atoms with Crippen LogP contribution in [0.3, 0.4) is 0 Å². The van der Waals surface area contributed by atoms with Crippen LogP contribution in [0.4, 0.5) is 9.80 Å². The van der Waals surface area contributed by atoms with Gasteiger partial charge in [-0.15, -0.1) is 11.3 Å². The largest absolute Gasteiger partial charge is 0.472 e. The number of hydrogen-bond donors (Lipinski definition) is 1. The van der Waals surface area contributed by atoms with E-state index in [-0.39, 0.29) is 11.8 Å². The second-order valence-electron chi connectivity index (χ2n) is 7.17. The molecule has 1 saturated heterocycles. The van der Waals surface area contributed by atoms with Crippen LogP contribution in [-0.2, 0) is 27.2 Å². The Kier molecular flexibility index (Phi) is 6.16. The molecule has 1 atom stereocenters. The normalized spacial score (nSPS) is 18.2. The molecule has 1 N–H and O–H groups in total. The first kappa shape index (κ1) is 20.2. The second-order valence-corrected chi connectivity index (χ2v) is 8.28. The van der Waals surface area contributed by atoms with E-state index >= 15 is 0 Å². The number of carbonyl (C=O) groups excluding carboxylic acids is 2. The van der Waals surface area contributed by atoms with E-state index in [0.29, 0.717) is 36.7 Å². The Bertz CT molecular complexity index is 983. The molecule has 1 unspecified atom stereocenters. The zero-order valence-electron chi connectivity index (χ0n) is 16.3. The highest BCUT2D eigenvalue weighted by Gasteiger charge is 2.28. The number of furan rings is 1. The maximum absolute atomic E-state index is 12.3. The van der Waals surface area contributed by atoms with Crippen LogP contribution in [-0.4, -0.2) is 36.8 Å². The lowest BCUT2D eigenvalue weighted by Gasteiger charge is -2.23. The molecule has 2 amide bonds. The van der Waals surface area contributed by atoms with Gasteiger partial charge in [0.25, 0.3) is 0 Å². The Morgan fingerprint density at radius 1 is 1.47 bits per heavy atom. The number of amides is 2. The molecule has 30 heavy (non-hydrogen) atoms. The molecule has 4 rings (SSSR count). The van der Waals surface area contributed by atoms with Crippen molar-refractivity contribution in [3.8, 4) is 6.07 Å². The van der Waals surface area contributed by atoms with Crippen LogP contribution < -0.4 is 5.32 Å². The van der Waals surface area contributed by atoms with E-state index in [4.69, 9.17) is 14.0 Å². The van der Waals surface area contributed by atoms with Crippen molar-refractivity contribution in [3.63, 3.8) is 0 Å². The van der Waals surface area contributed by atoms with E-state index in [0.717, 1.165) is 35.3 Å². The fraction of sp³-hybridized carbons (Fsp3) is 0.381. The minimum Gasteiger partial charge on any atom is -0.472 e. The number of thiophene rings is 1. The van der Waals surface area contributed by atoms with Crippen LogP contribution in [0, 0.1) is 17.2 Å². The molecule has 1 aliphatic heterocycles. The van der Waals surface area contributed by atoms with Gasteiger partial charge >= 0.3 is 6.09 Å². The molecule has 2 aromatic heterocycles. The second kappa shape index (κ2) is 9.15. The van der Waals surface area contributed by atoms with E-state index in [2.05, 4.69) is 11.4 Å². The third-order valence-corrected chi connectivity index (χ3v) is 6.25. The van der Waals surface area contributed by atoms with E-state index < -0.39 is 6.09 Å². The van der Waals surface area contributed by atoms with Crippen molar-refractivity contribution in [1.29, 1.82) is 5.26 Å². The van der Waals surface area contributed by atoms with Crippen LogP contribution in [0.15, 0.2) is 29.1 Å². The van der Waals surface area contributed by atoms with Gasteiger partial charge in [-0.2, -0.15) is 10.3 Å². The maximum atomic E-state index is 12.3. The van der Waals surface area contributed by atoms with Gasteiger partial charge < -0.3 is 14.5 Å². The molecule has 3 heterocycles. The third-order valence-electron chi connectivity index (χ3n) is 5.09. The summed E-state index contributed by atoms with van der Waals surface area (Å²) in [6.07, 6.45) is 8.75. The van der Waals surface area contributed by atoms with Crippen LogP contribution in [0.25, 0.3) is 6.08 Å². The highest BCUT2D eigenvalue weighted by atomic mass is 32.1. The zero-order valence-corrected chi connectivity index (χ0v) is 17.1. The monoisotopic (exact) mass is 427 g/mol. The molecule has 1 fully saturated rings. The van der Waals surface area contributed by atoms with Crippen molar-refractivity contribution in [2.45, 2.75) is 25.7 Å². The maximum Gasteiger partial charge on any atom is 0.433 e. The lowest BCUT2D eigenvalue weighted by molar-refractivity contribution is -0.111. The Hall–Kier alpha value is -3.09. The lowest BCUT2D eigenvalue weighted by Crippen LogP contribution is -2.30. The zero-order chi connectivity index (χ0) is 20.9. The molecule has 9 heteroatoms. The number of fused-ring (bicyclic) bond motifs is 1. The first-order valence-corrected chi connectivity index (χ1v) is 10.6. The summed E-state index contributed by atoms with van der Waals surface area (Å²) in [5, 5.41) is 14.2. The summed E-state index contributed by atoms with van der Waals surface area (Å²) in [6, 6.07) is 3.98. The first-order chi connectivity index (χ1) is 14.6. The predicted octanol–water partition coefficient (Wildman–Crippen LogP) is 3.74. The summed E-state index contributed by atoms with van der Waals surface area (Å²) in [5.41, 5.74) is 2.30. The molecule has 2 aliphatic rings. The number of anilines is 1. The summed E-state index contributed by atoms with van der Waals surface area (Å²) < 4.78 is 10.4. The standard InChI is InChI=1S/C21H21N3O5S/c22-11-17-16-4-2-15(13-28-21(26)24-7-1-8-29-24)10-18(16)30-20(17)23-19(25)5-3-14-6-9-27-12-14/h3,5-6,9,12,15H,1-2,4,7-8,10,13H2,(H,23,25). The molecule has 0 bridgehead atoms. The number of hydrogen-bond acceptors (Lipinski definition) is 7. The topological polar surface area (TPSA) is 105 Å². The third kappa shape index (κ3) is 4.56. The van der Waals surface area contributed by atoms with Crippen molar-refractivity contribution < 1.29 is 23.6 Å². The average molecular weight is 427 g/mol. The van der Waals surface area contributed by atoms with E-state index in [1.807, 2.05) is 0 Å². The molecule has 8 nitrogen and oxygen atoms in total.